The molecule has 2 rings (SSSR count). The number of nitrogens with one attached hydrogen (secondary N) is 2. The molecule has 3 N–H and O–H groups in total. The monoisotopic (exact) mass is 342 g/mol. The number of rotatable bonds is 2. The van der Waals surface area contributed by atoms with Gasteiger partial charge < -0.3 is 20.5 Å². The highest BCUT2D eigenvalue weighted by Crippen LogP contribution is 2.27. The van der Waals surface area contributed by atoms with Crippen LogP contribution in [0.5, 0.6) is 0 Å². The van der Waals surface area contributed by atoms with Gasteiger partial charge in [-0.3, -0.25) is 0 Å². The molecule has 1 aromatic carbocycles. The maximum Gasteiger partial charge on any atom is 0.200 e. The molecule has 10 heteroatoms. The molecule has 1 fully saturated rings. The van der Waals surface area contributed by atoms with E-state index in [1.165, 1.54) is 0 Å². The van der Waals surface area contributed by atoms with Crippen molar-refractivity contribution in [1.29, 1.82) is 0 Å². The SMILES string of the molecule is CC1OCC(NC(=S)Nc2c(F)c(F)c(F)c(F)c2F)C1O. The zero-order valence-electron chi connectivity index (χ0n) is 11.1. The van der Waals surface area contributed by atoms with Crippen molar-refractivity contribution in [2.75, 3.05) is 11.9 Å². The summed E-state index contributed by atoms with van der Waals surface area (Å²) in [6.45, 7) is 1.67. The van der Waals surface area contributed by atoms with Crippen molar-refractivity contribution in [3.05, 3.63) is 29.1 Å². The molecule has 0 aliphatic carbocycles. The number of hydrogen-bond acceptors (Lipinski definition) is 3. The average molecular weight is 342 g/mol. The van der Waals surface area contributed by atoms with E-state index < -0.39 is 58.1 Å². The number of benzene rings is 1. The van der Waals surface area contributed by atoms with Gasteiger partial charge in [-0.15, -0.1) is 0 Å². The van der Waals surface area contributed by atoms with E-state index in [9.17, 15) is 27.1 Å². The van der Waals surface area contributed by atoms with Gasteiger partial charge in [0.25, 0.3) is 0 Å². The molecule has 122 valence electrons. The van der Waals surface area contributed by atoms with E-state index >= 15 is 0 Å². The van der Waals surface area contributed by atoms with E-state index in [0.29, 0.717) is 0 Å². The number of hydrogen-bond donors (Lipinski definition) is 3. The first-order chi connectivity index (χ1) is 10.2. The summed E-state index contributed by atoms with van der Waals surface area (Å²) in [4.78, 5) is 0. The Bertz CT molecular complexity index is 587. The first-order valence-electron chi connectivity index (χ1n) is 6.12. The van der Waals surface area contributed by atoms with Gasteiger partial charge in [-0.1, -0.05) is 0 Å². The summed E-state index contributed by atoms with van der Waals surface area (Å²) in [5.41, 5.74) is -1.27. The Labute approximate surface area is 127 Å². The predicted octanol–water partition coefficient (Wildman–Crippen LogP) is 1.82. The summed E-state index contributed by atoms with van der Waals surface area (Å²) >= 11 is 4.74. The van der Waals surface area contributed by atoms with Crippen molar-refractivity contribution in [2.45, 2.75) is 25.2 Å². The summed E-state index contributed by atoms with van der Waals surface area (Å²) in [7, 11) is 0. The van der Waals surface area contributed by atoms with Crippen molar-refractivity contribution in [2.24, 2.45) is 0 Å². The first-order valence-corrected chi connectivity index (χ1v) is 6.53. The Morgan fingerprint density at radius 2 is 1.59 bits per heavy atom. The summed E-state index contributed by atoms with van der Waals surface area (Å²) in [6, 6.07) is -0.670. The van der Waals surface area contributed by atoms with Crippen molar-refractivity contribution in [1.82, 2.24) is 5.32 Å². The first kappa shape index (κ1) is 16.8. The largest absolute Gasteiger partial charge is 0.388 e. The van der Waals surface area contributed by atoms with Crippen molar-refractivity contribution < 1.29 is 31.8 Å². The molecule has 0 amide bonds. The normalized spacial score (nSPS) is 24.4. The lowest BCUT2D eigenvalue weighted by molar-refractivity contribution is 0.0540. The van der Waals surface area contributed by atoms with Crippen molar-refractivity contribution >= 4 is 23.0 Å². The van der Waals surface area contributed by atoms with E-state index in [-0.39, 0.29) is 6.61 Å². The Balaban J connectivity index is 2.16. The fraction of sp³-hybridized carbons (Fsp3) is 0.417. The van der Waals surface area contributed by atoms with Crippen LogP contribution < -0.4 is 10.6 Å². The molecule has 0 saturated carbocycles. The van der Waals surface area contributed by atoms with Crippen molar-refractivity contribution in [3.8, 4) is 0 Å². The molecular weight excluding hydrogens is 331 g/mol. The van der Waals surface area contributed by atoms with Gasteiger partial charge in [-0.2, -0.15) is 0 Å². The van der Waals surface area contributed by atoms with Gasteiger partial charge in [0.05, 0.1) is 18.8 Å². The van der Waals surface area contributed by atoms with Crippen LogP contribution in [-0.4, -0.2) is 35.1 Å². The summed E-state index contributed by atoms with van der Waals surface area (Å²) in [5, 5.41) is 13.7. The Hall–Kier alpha value is -1.52. The standard InChI is InChI=1S/C12H11F5N2O2S/c1-3-11(20)4(2-21-3)18-12(22)19-10-8(16)6(14)5(13)7(15)9(10)17/h3-4,11,20H,2H2,1H3,(H2,18,19,22). The van der Waals surface area contributed by atoms with E-state index in [2.05, 4.69) is 5.32 Å². The molecule has 4 nitrogen and oxygen atoms in total. The van der Waals surface area contributed by atoms with Crippen LogP contribution in [0, 0.1) is 29.1 Å². The molecule has 0 radical (unpaired) electrons. The van der Waals surface area contributed by atoms with Crippen LogP contribution in [0.3, 0.4) is 0 Å². The maximum atomic E-state index is 13.5. The number of ether oxygens (including phenoxy) is 1. The second kappa shape index (κ2) is 6.31. The van der Waals surface area contributed by atoms with E-state index in [0.717, 1.165) is 0 Å². The van der Waals surface area contributed by atoms with Crippen molar-refractivity contribution in [3.63, 3.8) is 0 Å². The molecule has 1 aliphatic heterocycles. The Morgan fingerprint density at radius 3 is 2.05 bits per heavy atom. The maximum absolute atomic E-state index is 13.5. The smallest absolute Gasteiger partial charge is 0.200 e. The molecule has 22 heavy (non-hydrogen) atoms. The molecule has 1 saturated heterocycles. The van der Waals surface area contributed by atoms with Crippen LogP contribution in [0.25, 0.3) is 0 Å². The van der Waals surface area contributed by atoms with Crippen LogP contribution >= 0.6 is 12.2 Å². The lowest BCUT2D eigenvalue weighted by Gasteiger charge is -2.19. The van der Waals surface area contributed by atoms with Crippen LogP contribution in [0.4, 0.5) is 27.6 Å². The van der Waals surface area contributed by atoms with Crippen LogP contribution in [0.15, 0.2) is 0 Å². The van der Waals surface area contributed by atoms with Gasteiger partial charge in [-0.05, 0) is 19.1 Å². The molecule has 1 heterocycles. The lowest BCUT2D eigenvalue weighted by Crippen LogP contribution is -2.45. The minimum absolute atomic E-state index is 0.0707. The Morgan fingerprint density at radius 1 is 1.09 bits per heavy atom. The highest BCUT2D eigenvalue weighted by Gasteiger charge is 2.33. The number of halogens is 5. The third-order valence-electron chi connectivity index (χ3n) is 3.20. The van der Waals surface area contributed by atoms with Gasteiger partial charge in [0.2, 0.25) is 5.82 Å². The zero-order chi connectivity index (χ0) is 16.6. The summed E-state index contributed by atoms with van der Waals surface area (Å²) in [5.74, 6) is -10.5. The summed E-state index contributed by atoms with van der Waals surface area (Å²) < 4.78 is 71.0. The van der Waals surface area contributed by atoms with Gasteiger partial charge in [0, 0.05) is 0 Å². The molecule has 3 atom stereocenters. The van der Waals surface area contributed by atoms with Crippen LogP contribution in [-0.2, 0) is 4.74 Å². The lowest BCUT2D eigenvalue weighted by atomic mass is 10.1. The number of aliphatic hydroxyl groups is 1. The summed E-state index contributed by atoms with van der Waals surface area (Å²) in [6.07, 6.45) is -1.41. The minimum Gasteiger partial charge on any atom is -0.388 e. The highest BCUT2D eigenvalue weighted by atomic mass is 32.1. The van der Waals surface area contributed by atoms with Gasteiger partial charge in [0.15, 0.2) is 28.4 Å². The topological polar surface area (TPSA) is 53.5 Å². The quantitative estimate of drug-likeness (QED) is 0.331. The molecule has 0 bridgehead atoms. The fourth-order valence-electron chi connectivity index (χ4n) is 1.94. The van der Waals surface area contributed by atoms with Gasteiger partial charge in [0.1, 0.15) is 11.8 Å². The molecule has 1 aliphatic rings. The zero-order valence-corrected chi connectivity index (χ0v) is 11.9. The Kier molecular flexibility index (Phi) is 4.83. The fourth-order valence-corrected chi connectivity index (χ4v) is 2.19. The number of thiocarbonyl (C=S) groups is 1. The average Bonchev–Trinajstić information content (AvgIpc) is 2.79. The third kappa shape index (κ3) is 2.99. The molecule has 3 unspecified atom stereocenters. The second-order valence-corrected chi connectivity index (χ2v) is 5.09. The molecule has 1 aromatic rings. The van der Waals surface area contributed by atoms with E-state index in [1.54, 1.807) is 6.92 Å². The highest BCUT2D eigenvalue weighted by molar-refractivity contribution is 7.80. The minimum atomic E-state index is -2.26. The molecule has 0 spiro atoms. The predicted molar refractivity (Wildman–Crippen MR) is 70.8 cm³/mol. The van der Waals surface area contributed by atoms with Gasteiger partial charge in [-0.25, -0.2) is 22.0 Å². The second-order valence-electron chi connectivity index (χ2n) is 4.68. The van der Waals surface area contributed by atoms with E-state index in [4.69, 9.17) is 17.0 Å². The van der Waals surface area contributed by atoms with E-state index in [1.807, 2.05) is 5.32 Å². The third-order valence-corrected chi connectivity index (χ3v) is 3.42. The number of aliphatic hydroxyl groups excluding tert-OH is 1. The number of anilines is 1. The molecular formula is C12H11F5N2O2S. The van der Waals surface area contributed by atoms with Crippen LogP contribution in [0.1, 0.15) is 6.92 Å². The van der Waals surface area contributed by atoms with Gasteiger partial charge >= 0.3 is 0 Å². The van der Waals surface area contributed by atoms with Crippen LogP contribution in [0.2, 0.25) is 0 Å². The molecule has 0 aromatic heterocycles.